The molecule has 0 aliphatic carbocycles. The maximum absolute atomic E-state index is 12.0. The molecule has 1 aromatic heterocycles. The Labute approximate surface area is 189 Å². The summed E-state index contributed by atoms with van der Waals surface area (Å²) in [5.74, 6) is 0.185. The van der Waals surface area contributed by atoms with Crippen molar-refractivity contribution in [2.24, 2.45) is 0 Å². The molecule has 1 saturated heterocycles. The summed E-state index contributed by atoms with van der Waals surface area (Å²) < 4.78 is 5.31. The Balaban J connectivity index is 0.00000160. The largest absolute Gasteiger partial charge is 0.508 e. The van der Waals surface area contributed by atoms with Gasteiger partial charge in [-0.1, -0.05) is 37.3 Å². The average molecular weight is 451 g/mol. The summed E-state index contributed by atoms with van der Waals surface area (Å²) in [5.41, 5.74) is 3.27. The van der Waals surface area contributed by atoms with E-state index < -0.39 is 0 Å². The number of nitrogens with zero attached hydrogens (tertiary/aromatic N) is 2. The summed E-state index contributed by atoms with van der Waals surface area (Å²) >= 11 is 0. The van der Waals surface area contributed by atoms with Gasteiger partial charge in [-0.25, -0.2) is 4.79 Å². The molecule has 4 rings (SSSR count). The van der Waals surface area contributed by atoms with Gasteiger partial charge < -0.3 is 9.52 Å². The van der Waals surface area contributed by atoms with E-state index in [0.29, 0.717) is 5.58 Å². The highest BCUT2D eigenvalue weighted by atomic mass is 35.5. The Bertz CT molecular complexity index is 1020. The first-order chi connectivity index (χ1) is 13.6. The zero-order valence-electron chi connectivity index (χ0n) is 17.0. The lowest BCUT2D eigenvalue weighted by Crippen LogP contribution is -2.45. The van der Waals surface area contributed by atoms with Crippen LogP contribution in [0.3, 0.4) is 0 Å². The smallest absolute Gasteiger partial charge is 0.336 e. The summed E-state index contributed by atoms with van der Waals surface area (Å²) in [7, 11) is 0. The molecule has 1 N–H and O–H groups in total. The minimum atomic E-state index is -0.367. The Morgan fingerprint density at radius 2 is 1.53 bits per heavy atom. The van der Waals surface area contributed by atoms with Crippen LogP contribution in [-0.2, 0) is 19.5 Å². The molecule has 2 heterocycles. The number of rotatable bonds is 5. The van der Waals surface area contributed by atoms with Crippen LogP contribution in [0.2, 0.25) is 0 Å². The zero-order chi connectivity index (χ0) is 19.5. The van der Waals surface area contributed by atoms with E-state index in [-0.39, 0.29) is 36.2 Å². The minimum absolute atomic E-state index is 0. The van der Waals surface area contributed by atoms with Crippen LogP contribution >= 0.6 is 24.8 Å². The number of aryl methyl sites for hydroxylation is 1. The number of hydrogen-bond acceptors (Lipinski definition) is 5. The van der Waals surface area contributed by atoms with Crippen molar-refractivity contribution in [2.45, 2.75) is 26.4 Å². The third-order valence-electron chi connectivity index (χ3n) is 5.52. The molecule has 5 nitrogen and oxygen atoms in total. The van der Waals surface area contributed by atoms with Gasteiger partial charge in [0.05, 0.1) is 0 Å². The first kappa shape index (κ1) is 24.2. The van der Waals surface area contributed by atoms with Crippen LogP contribution in [0.4, 0.5) is 0 Å². The maximum Gasteiger partial charge on any atom is 0.336 e. The van der Waals surface area contributed by atoms with Gasteiger partial charge in [-0.2, -0.15) is 0 Å². The van der Waals surface area contributed by atoms with E-state index in [9.17, 15) is 9.90 Å². The number of phenols is 1. The van der Waals surface area contributed by atoms with Gasteiger partial charge in [0.2, 0.25) is 0 Å². The predicted molar refractivity (Wildman–Crippen MR) is 125 cm³/mol. The van der Waals surface area contributed by atoms with Crippen molar-refractivity contribution < 1.29 is 9.52 Å². The van der Waals surface area contributed by atoms with E-state index in [1.165, 1.54) is 5.56 Å². The second-order valence-corrected chi connectivity index (χ2v) is 7.46. The fraction of sp³-hybridized carbons (Fsp3) is 0.348. The van der Waals surface area contributed by atoms with Crippen molar-refractivity contribution in [1.82, 2.24) is 9.80 Å². The SMILES string of the molecule is CCc1cc2c(CN3CCN(Cc4ccccc4)CC3)cc(=O)oc2cc1O.Cl.Cl. The molecule has 0 unspecified atom stereocenters. The lowest BCUT2D eigenvalue weighted by molar-refractivity contribution is 0.122. The van der Waals surface area contributed by atoms with Crippen LogP contribution in [0.5, 0.6) is 5.75 Å². The molecule has 0 amide bonds. The quantitative estimate of drug-likeness (QED) is 0.589. The Morgan fingerprint density at radius 1 is 0.900 bits per heavy atom. The molecule has 1 aliphatic heterocycles. The van der Waals surface area contributed by atoms with Gasteiger partial charge in [0.25, 0.3) is 0 Å². The number of hydrogen-bond donors (Lipinski definition) is 1. The lowest BCUT2D eigenvalue weighted by atomic mass is 10.0. The van der Waals surface area contributed by atoms with Crippen LogP contribution in [0.1, 0.15) is 23.6 Å². The third kappa shape index (κ3) is 5.55. The number of piperazine rings is 1. The molecular weight excluding hydrogens is 423 g/mol. The van der Waals surface area contributed by atoms with Gasteiger partial charge in [0, 0.05) is 56.8 Å². The lowest BCUT2D eigenvalue weighted by Gasteiger charge is -2.34. The van der Waals surface area contributed by atoms with E-state index in [1.54, 1.807) is 12.1 Å². The van der Waals surface area contributed by atoms with E-state index in [2.05, 4.69) is 34.1 Å². The molecule has 3 aromatic rings. The number of phenolic OH excluding ortho intramolecular Hbond substituents is 1. The highest BCUT2D eigenvalue weighted by Crippen LogP contribution is 2.27. The van der Waals surface area contributed by atoms with Crippen LogP contribution < -0.4 is 5.63 Å². The molecule has 30 heavy (non-hydrogen) atoms. The molecule has 0 spiro atoms. The van der Waals surface area contributed by atoms with Crippen molar-refractivity contribution in [1.29, 1.82) is 0 Å². The van der Waals surface area contributed by atoms with Gasteiger partial charge in [0.1, 0.15) is 11.3 Å². The van der Waals surface area contributed by atoms with Gasteiger partial charge in [0.15, 0.2) is 0 Å². The first-order valence-corrected chi connectivity index (χ1v) is 9.89. The van der Waals surface area contributed by atoms with E-state index in [0.717, 1.165) is 62.2 Å². The molecule has 2 aromatic carbocycles. The summed E-state index contributed by atoms with van der Waals surface area (Å²) in [5, 5.41) is 11.0. The average Bonchev–Trinajstić information content (AvgIpc) is 2.69. The highest BCUT2D eigenvalue weighted by molar-refractivity contribution is 5.85. The summed E-state index contributed by atoms with van der Waals surface area (Å²) in [4.78, 5) is 16.8. The maximum atomic E-state index is 12.0. The van der Waals surface area contributed by atoms with Crippen molar-refractivity contribution in [3.63, 3.8) is 0 Å². The van der Waals surface area contributed by atoms with E-state index >= 15 is 0 Å². The number of fused-ring (bicyclic) bond motifs is 1. The monoisotopic (exact) mass is 450 g/mol. The van der Waals surface area contributed by atoms with Gasteiger partial charge in [-0.15, -0.1) is 24.8 Å². The van der Waals surface area contributed by atoms with Crippen LogP contribution in [0.25, 0.3) is 11.0 Å². The summed E-state index contributed by atoms with van der Waals surface area (Å²) in [6.07, 6.45) is 0.735. The third-order valence-corrected chi connectivity index (χ3v) is 5.52. The highest BCUT2D eigenvalue weighted by Gasteiger charge is 2.19. The molecule has 162 valence electrons. The molecule has 0 radical (unpaired) electrons. The normalized spacial score (nSPS) is 14.8. The molecule has 1 fully saturated rings. The van der Waals surface area contributed by atoms with Crippen LogP contribution in [0, 0.1) is 0 Å². The minimum Gasteiger partial charge on any atom is -0.508 e. The standard InChI is InChI=1S/C23H26N2O3.2ClH/c1-2-18-12-20-19(13-23(27)28-22(20)14-21(18)26)16-25-10-8-24(9-11-25)15-17-6-4-3-5-7-17;;/h3-7,12-14,26H,2,8-11,15-16H2,1H3;2*1H. The zero-order valence-corrected chi connectivity index (χ0v) is 18.7. The summed E-state index contributed by atoms with van der Waals surface area (Å²) in [6.45, 7) is 7.65. The van der Waals surface area contributed by atoms with Gasteiger partial charge in [-0.3, -0.25) is 9.80 Å². The Kier molecular flexibility index (Phi) is 8.74. The van der Waals surface area contributed by atoms with Crippen LogP contribution in [0.15, 0.2) is 57.7 Å². The van der Waals surface area contributed by atoms with E-state index in [1.807, 2.05) is 19.1 Å². The van der Waals surface area contributed by atoms with Gasteiger partial charge >= 0.3 is 5.63 Å². The number of benzene rings is 2. The van der Waals surface area contributed by atoms with E-state index in [4.69, 9.17) is 4.42 Å². The predicted octanol–water partition coefficient (Wildman–Crippen LogP) is 4.22. The Morgan fingerprint density at radius 3 is 2.17 bits per heavy atom. The topological polar surface area (TPSA) is 56.9 Å². The fourth-order valence-corrected chi connectivity index (χ4v) is 3.91. The van der Waals surface area contributed by atoms with Crippen molar-refractivity contribution in [3.8, 4) is 5.75 Å². The van der Waals surface area contributed by atoms with Crippen LogP contribution in [-0.4, -0.2) is 41.1 Å². The number of aromatic hydroxyl groups is 1. The Hall–Kier alpha value is -2.05. The second-order valence-electron chi connectivity index (χ2n) is 7.46. The molecule has 0 saturated carbocycles. The van der Waals surface area contributed by atoms with Crippen molar-refractivity contribution in [3.05, 3.63) is 75.6 Å². The molecular formula is C23H28Cl2N2O3. The summed E-state index contributed by atoms with van der Waals surface area (Å²) in [6, 6.07) is 15.7. The second kappa shape index (κ2) is 10.8. The van der Waals surface area contributed by atoms with Crippen molar-refractivity contribution in [2.75, 3.05) is 26.2 Å². The first-order valence-electron chi connectivity index (χ1n) is 9.89. The molecule has 1 aliphatic rings. The van der Waals surface area contributed by atoms with Gasteiger partial charge in [-0.05, 0) is 29.2 Å². The fourth-order valence-electron chi connectivity index (χ4n) is 3.91. The molecule has 0 atom stereocenters. The molecule has 7 heteroatoms. The van der Waals surface area contributed by atoms with Crippen molar-refractivity contribution >= 4 is 35.8 Å². The number of halogens is 2. The molecule has 0 bridgehead atoms.